The Morgan fingerprint density at radius 3 is 2.89 bits per heavy atom. The van der Waals surface area contributed by atoms with Gasteiger partial charge in [0.15, 0.2) is 0 Å². The molecule has 1 saturated heterocycles. The highest BCUT2D eigenvalue weighted by atomic mass is 79.9. The zero-order valence-corrected chi connectivity index (χ0v) is 13.0. The maximum absolute atomic E-state index is 13.4. The molecule has 2 rings (SSSR count). The summed E-state index contributed by atoms with van der Waals surface area (Å²) < 4.78 is 14.2. The Balaban J connectivity index is 1.93. The van der Waals surface area contributed by atoms with E-state index in [1.165, 1.54) is 18.9 Å². The third-order valence-electron chi connectivity index (χ3n) is 3.69. The van der Waals surface area contributed by atoms with E-state index in [4.69, 9.17) is 0 Å². The van der Waals surface area contributed by atoms with Crippen LogP contribution in [0.4, 0.5) is 4.39 Å². The van der Waals surface area contributed by atoms with Crippen LogP contribution < -0.4 is 5.32 Å². The topological polar surface area (TPSA) is 15.3 Å². The highest BCUT2D eigenvalue weighted by Gasteiger charge is 2.16. The predicted molar refractivity (Wildman–Crippen MR) is 80.6 cm³/mol. The van der Waals surface area contributed by atoms with Gasteiger partial charge in [0.1, 0.15) is 5.82 Å². The lowest BCUT2D eigenvalue weighted by molar-refractivity contribution is 0.209. The van der Waals surface area contributed by atoms with Gasteiger partial charge in [0.05, 0.1) is 0 Å². The van der Waals surface area contributed by atoms with E-state index in [-0.39, 0.29) is 5.82 Å². The maximum Gasteiger partial charge on any atom is 0.124 e. The molecule has 106 valence electrons. The average Bonchev–Trinajstić information content (AvgIpc) is 2.38. The molecule has 1 aliphatic rings. The van der Waals surface area contributed by atoms with E-state index in [0.29, 0.717) is 0 Å². The maximum atomic E-state index is 13.4. The number of hydrogen-bond acceptors (Lipinski definition) is 2. The largest absolute Gasteiger partial charge is 0.316 e. The summed E-state index contributed by atoms with van der Waals surface area (Å²) in [7, 11) is 0. The number of rotatable bonds is 5. The molecule has 1 fully saturated rings. The highest BCUT2D eigenvalue weighted by Crippen LogP contribution is 2.18. The number of piperidine rings is 1. The lowest BCUT2D eigenvalue weighted by Crippen LogP contribution is -2.38. The molecule has 0 radical (unpaired) electrons. The fraction of sp³-hybridized carbons (Fsp3) is 0.600. The van der Waals surface area contributed by atoms with Crippen molar-refractivity contribution in [3.05, 3.63) is 34.1 Å². The SMILES string of the molecule is CCN(Cc1cc(F)cc(Br)c1)CC1CCCNC1. The summed E-state index contributed by atoms with van der Waals surface area (Å²) in [6.07, 6.45) is 2.57. The van der Waals surface area contributed by atoms with Gasteiger partial charge in [0.25, 0.3) is 0 Å². The molecule has 0 aliphatic carbocycles. The second-order valence-corrected chi connectivity index (χ2v) is 6.23. The Labute approximate surface area is 123 Å². The lowest BCUT2D eigenvalue weighted by atomic mass is 9.99. The van der Waals surface area contributed by atoms with Crippen molar-refractivity contribution in [3.63, 3.8) is 0 Å². The Hall–Kier alpha value is -0.450. The van der Waals surface area contributed by atoms with Crippen molar-refractivity contribution in [3.8, 4) is 0 Å². The minimum Gasteiger partial charge on any atom is -0.316 e. The Morgan fingerprint density at radius 2 is 2.26 bits per heavy atom. The number of hydrogen-bond donors (Lipinski definition) is 1. The summed E-state index contributed by atoms with van der Waals surface area (Å²) in [5, 5.41) is 3.45. The molecule has 4 heteroatoms. The quantitative estimate of drug-likeness (QED) is 0.891. The molecular weight excluding hydrogens is 307 g/mol. The van der Waals surface area contributed by atoms with E-state index >= 15 is 0 Å². The van der Waals surface area contributed by atoms with Crippen LogP contribution in [0.3, 0.4) is 0 Å². The van der Waals surface area contributed by atoms with E-state index in [0.717, 1.165) is 48.7 Å². The Bertz CT molecular complexity index is 385. The van der Waals surface area contributed by atoms with Crippen molar-refractivity contribution in [1.29, 1.82) is 0 Å². The minimum atomic E-state index is -0.167. The smallest absolute Gasteiger partial charge is 0.124 e. The molecular formula is C15H22BrFN2. The molecule has 1 N–H and O–H groups in total. The molecule has 1 unspecified atom stereocenters. The predicted octanol–water partition coefficient (Wildman–Crippen LogP) is 3.41. The summed E-state index contributed by atoms with van der Waals surface area (Å²) in [6, 6.07) is 5.14. The van der Waals surface area contributed by atoms with Gasteiger partial charge < -0.3 is 5.32 Å². The third kappa shape index (κ3) is 4.86. The molecule has 0 saturated carbocycles. The first-order valence-electron chi connectivity index (χ1n) is 7.05. The van der Waals surface area contributed by atoms with E-state index < -0.39 is 0 Å². The molecule has 0 bridgehead atoms. The van der Waals surface area contributed by atoms with Gasteiger partial charge in [-0.2, -0.15) is 0 Å². The first-order valence-corrected chi connectivity index (χ1v) is 7.84. The molecule has 1 aromatic rings. The van der Waals surface area contributed by atoms with Crippen molar-refractivity contribution in [2.24, 2.45) is 5.92 Å². The number of benzene rings is 1. The van der Waals surface area contributed by atoms with Gasteiger partial charge in [-0.15, -0.1) is 0 Å². The monoisotopic (exact) mass is 328 g/mol. The second kappa shape index (κ2) is 7.36. The Kier molecular flexibility index (Phi) is 5.79. The van der Waals surface area contributed by atoms with Crippen molar-refractivity contribution in [2.75, 3.05) is 26.2 Å². The molecule has 1 aromatic carbocycles. The molecule has 0 aromatic heterocycles. The van der Waals surface area contributed by atoms with E-state index in [9.17, 15) is 4.39 Å². The van der Waals surface area contributed by atoms with E-state index in [1.54, 1.807) is 6.07 Å². The summed E-state index contributed by atoms with van der Waals surface area (Å²) in [5.74, 6) is 0.561. The molecule has 0 spiro atoms. The van der Waals surface area contributed by atoms with Crippen LogP contribution in [-0.4, -0.2) is 31.1 Å². The first kappa shape index (κ1) is 14.9. The zero-order chi connectivity index (χ0) is 13.7. The highest BCUT2D eigenvalue weighted by molar-refractivity contribution is 9.10. The number of nitrogens with one attached hydrogen (secondary N) is 1. The third-order valence-corrected chi connectivity index (χ3v) is 4.15. The van der Waals surface area contributed by atoms with Gasteiger partial charge in [-0.1, -0.05) is 22.9 Å². The van der Waals surface area contributed by atoms with Gasteiger partial charge in [0.2, 0.25) is 0 Å². The van der Waals surface area contributed by atoms with Gasteiger partial charge in [-0.3, -0.25) is 4.90 Å². The fourth-order valence-corrected chi connectivity index (χ4v) is 3.22. The summed E-state index contributed by atoms with van der Waals surface area (Å²) >= 11 is 3.35. The summed E-state index contributed by atoms with van der Waals surface area (Å²) in [4.78, 5) is 2.40. The average molecular weight is 329 g/mol. The molecule has 1 heterocycles. The van der Waals surface area contributed by atoms with Gasteiger partial charge >= 0.3 is 0 Å². The normalized spacial score (nSPS) is 19.9. The van der Waals surface area contributed by atoms with Crippen LogP contribution in [0.1, 0.15) is 25.3 Å². The first-order chi connectivity index (χ1) is 9.17. The van der Waals surface area contributed by atoms with E-state index in [1.807, 2.05) is 6.07 Å². The second-order valence-electron chi connectivity index (χ2n) is 5.32. The van der Waals surface area contributed by atoms with Crippen molar-refractivity contribution < 1.29 is 4.39 Å². The molecule has 19 heavy (non-hydrogen) atoms. The molecule has 1 aliphatic heterocycles. The molecule has 1 atom stereocenters. The standard InChI is InChI=1S/C15H22BrFN2/c1-2-19(10-12-4-3-5-18-9-12)11-13-6-14(16)8-15(17)7-13/h6-8,12,18H,2-5,9-11H2,1H3. The van der Waals surface area contributed by atoms with Crippen LogP contribution in [0.5, 0.6) is 0 Å². The van der Waals surface area contributed by atoms with Crippen LogP contribution in [0.25, 0.3) is 0 Å². The van der Waals surface area contributed by atoms with Crippen molar-refractivity contribution >= 4 is 15.9 Å². The molecule has 2 nitrogen and oxygen atoms in total. The zero-order valence-electron chi connectivity index (χ0n) is 11.5. The van der Waals surface area contributed by atoms with Gasteiger partial charge in [-0.05, 0) is 62.2 Å². The summed E-state index contributed by atoms with van der Waals surface area (Å²) in [5.41, 5.74) is 1.04. The van der Waals surface area contributed by atoms with Crippen molar-refractivity contribution in [2.45, 2.75) is 26.3 Å². The van der Waals surface area contributed by atoms with Gasteiger partial charge in [-0.25, -0.2) is 4.39 Å². The van der Waals surface area contributed by atoms with Crippen LogP contribution >= 0.6 is 15.9 Å². The molecule has 0 amide bonds. The number of halogens is 2. The fourth-order valence-electron chi connectivity index (χ4n) is 2.71. The summed E-state index contributed by atoms with van der Waals surface area (Å²) in [6.45, 7) is 7.36. The van der Waals surface area contributed by atoms with Crippen LogP contribution in [0.2, 0.25) is 0 Å². The van der Waals surface area contributed by atoms with Crippen LogP contribution in [0, 0.1) is 11.7 Å². The van der Waals surface area contributed by atoms with E-state index in [2.05, 4.69) is 33.1 Å². The van der Waals surface area contributed by atoms with Gasteiger partial charge in [0, 0.05) is 17.6 Å². The van der Waals surface area contributed by atoms with Crippen LogP contribution in [-0.2, 0) is 6.54 Å². The lowest BCUT2D eigenvalue weighted by Gasteiger charge is -2.29. The minimum absolute atomic E-state index is 0.167. The Morgan fingerprint density at radius 1 is 1.42 bits per heavy atom. The van der Waals surface area contributed by atoms with Crippen molar-refractivity contribution in [1.82, 2.24) is 10.2 Å². The number of nitrogens with zero attached hydrogens (tertiary/aromatic N) is 1. The van der Waals surface area contributed by atoms with Crippen LogP contribution in [0.15, 0.2) is 22.7 Å².